The molecule has 0 aromatic heterocycles. The van der Waals surface area contributed by atoms with Crippen LogP contribution in [0.3, 0.4) is 0 Å². The Morgan fingerprint density at radius 1 is 1.35 bits per heavy atom. The van der Waals surface area contributed by atoms with Gasteiger partial charge in [0.05, 0.1) is 5.69 Å². The molecular weight excluding hydrogens is 255 g/mol. The normalized spacial score (nSPS) is 17.8. The average Bonchev–Trinajstić information content (AvgIpc) is 2.43. The predicted molar refractivity (Wildman–Crippen MR) is 79.0 cm³/mol. The lowest BCUT2D eigenvalue weighted by Crippen LogP contribution is -2.36. The Balaban J connectivity index is 2.00. The number of hydrogen-bond acceptors (Lipinski definition) is 2. The lowest BCUT2D eigenvalue weighted by molar-refractivity contribution is -0.118. The molecule has 4 heteroatoms. The van der Waals surface area contributed by atoms with Crippen molar-refractivity contribution < 1.29 is 9.18 Å². The van der Waals surface area contributed by atoms with Crippen LogP contribution in [0.4, 0.5) is 10.1 Å². The van der Waals surface area contributed by atoms with Gasteiger partial charge in [-0.1, -0.05) is 25.3 Å². The Morgan fingerprint density at radius 2 is 2.05 bits per heavy atom. The summed E-state index contributed by atoms with van der Waals surface area (Å²) in [7, 11) is 0. The molecule has 1 aliphatic carbocycles. The van der Waals surface area contributed by atoms with Gasteiger partial charge in [-0.2, -0.15) is 0 Å². The molecular formula is C16H23FN2O. The molecule has 1 amide bonds. The summed E-state index contributed by atoms with van der Waals surface area (Å²) in [6.07, 6.45) is 5.85. The van der Waals surface area contributed by atoms with Crippen molar-refractivity contribution in [3.05, 3.63) is 29.6 Å². The fourth-order valence-corrected chi connectivity index (χ4v) is 3.01. The minimum Gasteiger partial charge on any atom is -0.330 e. The summed E-state index contributed by atoms with van der Waals surface area (Å²) in [5, 5.41) is 2.67. The second-order valence-electron chi connectivity index (χ2n) is 5.97. The first-order valence-electron chi connectivity index (χ1n) is 7.31. The van der Waals surface area contributed by atoms with Gasteiger partial charge < -0.3 is 11.1 Å². The van der Waals surface area contributed by atoms with Gasteiger partial charge >= 0.3 is 0 Å². The zero-order chi connectivity index (χ0) is 14.6. The minimum absolute atomic E-state index is 0.0937. The third kappa shape index (κ3) is 3.57. The third-order valence-corrected chi connectivity index (χ3v) is 4.28. The number of halogens is 1. The summed E-state index contributed by atoms with van der Waals surface area (Å²) >= 11 is 0. The van der Waals surface area contributed by atoms with Gasteiger partial charge in [0.2, 0.25) is 5.91 Å². The van der Waals surface area contributed by atoms with Crippen molar-refractivity contribution in [2.24, 2.45) is 11.1 Å². The van der Waals surface area contributed by atoms with Gasteiger partial charge in [-0.05, 0) is 49.4 Å². The van der Waals surface area contributed by atoms with E-state index in [-0.39, 0.29) is 22.8 Å². The number of benzene rings is 1. The molecule has 3 nitrogen and oxygen atoms in total. The standard InChI is InChI=1S/C16H23FN2O/c1-12-5-6-14(13(17)9-12)19-15(20)10-16(11-18)7-3-2-4-8-16/h5-6,9H,2-4,7-8,10-11,18H2,1H3,(H,19,20). The fraction of sp³-hybridized carbons (Fsp3) is 0.562. The highest BCUT2D eigenvalue weighted by molar-refractivity contribution is 5.91. The maximum absolute atomic E-state index is 13.7. The molecule has 1 aromatic carbocycles. The van der Waals surface area contributed by atoms with Gasteiger partial charge in [-0.25, -0.2) is 4.39 Å². The minimum atomic E-state index is -0.385. The molecule has 1 fully saturated rings. The maximum Gasteiger partial charge on any atom is 0.225 e. The van der Waals surface area contributed by atoms with Crippen LogP contribution in [0.25, 0.3) is 0 Å². The summed E-state index contributed by atoms with van der Waals surface area (Å²) in [6, 6.07) is 4.82. The van der Waals surface area contributed by atoms with E-state index in [9.17, 15) is 9.18 Å². The summed E-state index contributed by atoms with van der Waals surface area (Å²) in [4.78, 5) is 12.1. The maximum atomic E-state index is 13.7. The summed E-state index contributed by atoms with van der Waals surface area (Å²) in [6.45, 7) is 2.34. The fourth-order valence-electron chi connectivity index (χ4n) is 3.01. The van der Waals surface area contributed by atoms with Crippen molar-refractivity contribution in [2.45, 2.75) is 45.4 Å². The lowest BCUT2D eigenvalue weighted by atomic mass is 9.71. The number of nitrogens with two attached hydrogens (primary N) is 1. The van der Waals surface area contributed by atoms with Crippen molar-refractivity contribution in [1.29, 1.82) is 0 Å². The van der Waals surface area contributed by atoms with Crippen molar-refractivity contribution in [2.75, 3.05) is 11.9 Å². The highest BCUT2D eigenvalue weighted by atomic mass is 19.1. The van der Waals surface area contributed by atoms with Gasteiger partial charge in [0.15, 0.2) is 0 Å². The van der Waals surface area contributed by atoms with E-state index in [1.165, 1.54) is 12.5 Å². The van der Waals surface area contributed by atoms with E-state index in [0.717, 1.165) is 31.2 Å². The number of aryl methyl sites for hydroxylation is 1. The number of carbonyl (C=O) groups is 1. The van der Waals surface area contributed by atoms with E-state index in [1.54, 1.807) is 12.1 Å². The second kappa shape index (κ2) is 6.35. The van der Waals surface area contributed by atoms with Crippen molar-refractivity contribution in [3.8, 4) is 0 Å². The number of anilines is 1. The number of amides is 1. The van der Waals surface area contributed by atoms with Crippen LogP contribution in [0.1, 0.15) is 44.1 Å². The Morgan fingerprint density at radius 3 is 2.65 bits per heavy atom. The number of nitrogens with one attached hydrogen (secondary N) is 1. The van der Waals surface area contributed by atoms with Gasteiger partial charge in [-0.3, -0.25) is 4.79 Å². The molecule has 1 saturated carbocycles. The Hall–Kier alpha value is -1.42. The molecule has 0 aliphatic heterocycles. The first-order valence-corrected chi connectivity index (χ1v) is 7.31. The molecule has 0 spiro atoms. The Labute approximate surface area is 119 Å². The SMILES string of the molecule is Cc1ccc(NC(=O)CC2(CN)CCCCC2)c(F)c1. The first-order chi connectivity index (χ1) is 9.54. The van der Waals surface area contributed by atoms with Crippen LogP contribution in [-0.2, 0) is 4.79 Å². The van der Waals surface area contributed by atoms with E-state index >= 15 is 0 Å². The van der Waals surface area contributed by atoms with Crippen LogP contribution in [0.5, 0.6) is 0 Å². The van der Waals surface area contributed by atoms with Crippen molar-refractivity contribution >= 4 is 11.6 Å². The monoisotopic (exact) mass is 278 g/mol. The van der Waals surface area contributed by atoms with Crippen molar-refractivity contribution in [1.82, 2.24) is 0 Å². The zero-order valence-electron chi connectivity index (χ0n) is 12.0. The van der Waals surface area contributed by atoms with E-state index in [1.807, 2.05) is 6.92 Å². The van der Waals surface area contributed by atoms with Gasteiger partial charge in [0.1, 0.15) is 5.82 Å². The van der Waals surface area contributed by atoms with E-state index in [0.29, 0.717) is 13.0 Å². The van der Waals surface area contributed by atoms with E-state index in [4.69, 9.17) is 5.73 Å². The molecule has 20 heavy (non-hydrogen) atoms. The highest BCUT2D eigenvalue weighted by Gasteiger charge is 2.33. The molecule has 0 saturated heterocycles. The topological polar surface area (TPSA) is 55.1 Å². The van der Waals surface area contributed by atoms with E-state index < -0.39 is 0 Å². The Bertz CT molecular complexity index is 481. The van der Waals surface area contributed by atoms with Crippen LogP contribution in [-0.4, -0.2) is 12.5 Å². The molecule has 0 bridgehead atoms. The largest absolute Gasteiger partial charge is 0.330 e. The molecule has 0 heterocycles. The highest BCUT2D eigenvalue weighted by Crippen LogP contribution is 2.38. The first kappa shape index (κ1) is 15.0. The summed E-state index contributed by atoms with van der Waals surface area (Å²) in [5.41, 5.74) is 6.87. The smallest absolute Gasteiger partial charge is 0.225 e. The van der Waals surface area contributed by atoms with E-state index in [2.05, 4.69) is 5.32 Å². The molecule has 0 atom stereocenters. The van der Waals surface area contributed by atoms with Gasteiger partial charge in [-0.15, -0.1) is 0 Å². The molecule has 1 aliphatic rings. The van der Waals surface area contributed by atoms with Crippen LogP contribution >= 0.6 is 0 Å². The molecule has 110 valence electrons. The lowest BCUT2D eigenvalue weighted by Gasteiger charge is -2.35. The number of hydrogen-bond donors (Lipinski definition) is 2. The number of rotatable bonds is 4. The molecule has 1 aromatic rings. The van der Waals surface area contributed by atoms with Gasteiger partial charge in [0.25, 0.3) is 0 Å². The Kier molecular flexibility index (Phi) is 4.76. The van der Waals surface area contributed by atoms with Crippen LogP contribution in [0.2, 0.25) is 0 Å². The average molecular weight is 278 g/mol. The number of carbonyl (C=O) groups excluding carboxylic acids is 1. The van der Waals surface area contributed by atoms with Crippen LogP contribution in [0.15, 0.2) is 18.2 Å². The van der Waals surface area contributed by atoms with Gasteiger partial charge in [0, 0.05) is 6.42 Å². The van der Waals surface area contributed by atoms with Crippen LogP contribution in [0, 0.1) is 18.2 Å². The second-order valence-corrected chi connectivity index (χ2v) is 5.97. The molecule has 2 rings (SSSR count). The predicted octanol–water partition coefficient (Wildman–Crippen LogP) is 3.37. The molecule has 0 radical (unpaired) electrons. The zero-order valence-corrected chi connectivity index (χ0v) is 12.0. The summed E-state index contributed by atoms with van der Waals surface area (Å²) in [5.74, 6) is -0.524. The summed E-state index contributed by atoms with van der Waals surface area (Å²) < 4.78 is 13.7. The quantitative estimate of drug-likeness (QED) is 0.887. The molecule has 0 unspecified atom stereocenters. The van der Waals surface area contributed by atoms with Crippen molar-refractivity contribution in [3.63, 3.8) is 0 Å². The third-order valence-electron chi connectivity index (χ3n) is 4.28. The van der Waals surface area contributed by atoms with Crippen LogP contribution < -0.4 is 11.1 Å². The molecule has 3 N–H and O–H groups in total.